The average molecular weight is 243 g/mol. The molecule has 1 aromatic carbocycles. The van der Waals surface area contributed by atoms with E-state index in [4.69, 9.17) is 27.5 Å². The van der Waals surface area contributed by atoms with Crippen LogP contribution in [0.1, 0.15) is 5.56 Å². The normalized spacial score (nSPS) is 16.1. The van der Waals surface area contributed by atoms with Gasteiger partial charge >= 0.3 is 0 Å². The summed E-state index contributed by atoms with van der Waals surface area (Å²) in [5.41, 5.74) is 6.03. The lowest BCUT2D eigenvalue weighted by atomic mass is 10.2. The molecule has 1 fully saturated rings. The molecule has 5 heteroatoms. The molecular weight excluding hydrogens is 232 g/mol. The van der Waals surface area contributed by atoms with Crippen LogP contribution in [0.5, 0.6) is 0 Å². The van der Waals surface area contributed by atoms with Gasteiger partial charge in [-0.05, 0) is 12.1 Å². The van der Waals surface area contributed by atoms with Gasteiger partial charge in [-0.2, -0.15) is 0 Å². The molecule has 0 aliphatic carbocycles. The number of nitrogens with two attached hydrogens (primary N) is 1. The molecule has 0 bridgehead atoms. The van der Waals surface area contributed by atoms with Crippen molar-refractivity contribution in [2.45, 2.75) is 10.1 Å². The molecule has 0 radical (unpaired) electrons. The number of nitrogen functional groups attached to an aromatic ring is 1. The summed E-state index contributed by atoms with van der Waals surface area (Å²) in [4.78, 5) is 1.02. The Kier molecular flexibility index (Phi) is 3.19. The molecule has 1 aliphatic rings. The van der Waals surface area contributed by atoms with Gasteiger partial charge in [0.1, 0.15) is 5.84 Å². The molecular formula is C10H11ClN2OS. The van der Waals surface area contributed by atoms with Crippen molar-refractivity contribution in [3.05, 3.63) is 28.8 Å². The van der Waals surface area contributed by atoms with Gasteiger partial charge in [-0.25, -0.2) is 0 Å². The van der Waals surface area contributed by atoms with E-state index in [-0.39, 0.29) is 5.84 Å². The van der Waals surface area contributed by atoms with Crippen molar-refractivity contribution in [1.82, 2.24) is 0 Å². The molecule has 0 atom stereocenters. The van der Waals surface area contributed by atoms with Crippen molar-refractivity contribution >= 4 is 29.2 Å². The van der Waals surface area contributed by atoms with Crippen LogP contribution >= 0.6 is 23.4 Å². The maximum atomic E-state index is 7.28. The minimum atomic E-state index is 0.0421. The van der Waals surface area contributed by atoms with Crippen molar-refractivity contribution in [2.75, 3.05) is 13.2 Å². The molecule has 1 aromatic rings. The lowest BCUT2D eigenvalue weighted by Gasteiger charge is -2.25. The average Bonchev–Trinajstić information content (AvgIpc) is 2.12. The summed E-state index contributed by atoms with van der Waals surface area (Å²) < 4.78 is 5.09. The van der Waals surface area contributed by atoms with E-state index in [1.54, 1.807) is 17.8 Å². The van der Waals surface area contributed by atoms with Gasteiger partial charge < -0.3 is 10.5 Å². The van der Waals surface area contributed by atoms with Crippen molar-refractivity contribution in [2.24, 2.45) is 5.73 Å². The number of hydrogen-bond donors (Lipinski definition) is 2. The number of amidine groups is 1. The van der Waals surface area contributed by atoms with E-state index in [0.29, 0.717) is 15.8 Å². The van der Waals surface area contributed by atoms with Gasteiger partial charge in [0.15, 0.2) is 0 Å². The maximum Gasteiger partial charge on any atom is 0.122 e. The Balaban J connectivity index is 2.14. The van der Waals surface area contributed by atoms with E-state index >= 15 is 0 Å². The highest BCUT2D eigenvalue weighted by molar-refractivity contribution is 8.00. The van der Waals surface area contributed by atoms with Gasteiger partial charge in [-0.15, -0.1) is 11.8 Å². The van der Waals surface area contributed by atoms with E-state index in [1.165, 1.54) is 0 Å². The Morgan fingerprint density at radius 3 is 2.73 bits per heavy atom. The third-order valence-corrected chi connectivity index (χ3v) is 3.78. The molecule has 0 unspecified atom stereocenters. The summed E-state index contributed by atoms with van der Waals surface area (Å²) in [6, 6.07) is 5.45. The Labute approximate surface area is 97.5 Å². The lowest BCUT2D eigenvalue weighted by Crippen LogP contribution is -2.30. The standard InChI is InChI=1S/C10H11ClN2OS/c11-8-3-6(10(12)13)1-2-9(8)15-7-4-14-5-7/h1-3,7H,4-5H2,(H3,12,13). The van der Waals surface area contributed by atoms with Crippen LogP contribution in [0, 0.1) is 5.41 Å². The molecule has 80 valence electrons. The highest BCUT2D eigenvalue weighted by Crippen LogP contribution is 2.33. The fraction of sp³-hybridized carbons (Fsp3) is 0.300. The Morgan fingerprint density at radius 1 is 1.53 bits per heavy atom. The van der Waals surface area contributed by atoms with Crippen molar-refractivity contribution in [3.8, 4) is 0 Å². The van der Waals surface area contributed by atoms with Crippen LogP contribution in [0.3, 0.4) is 0 Å². The predicted molar refractivity (Wildman–Crippen MR) is 62.9 cm³/mol. The monoisotopic (exact) mass is 242 g/mol. The number of rotatable bonds is 3. The summed E-state index contributed by atoms with van der Waals surface area (Å²) in [5, 5.41) is 8.44. The number of nitrogens with one attached hydrogen (secondary N) is 1. The first-order valence-corrected chi connectivity index (χ1v) is 5.81. The molecule has 3 nitrogen and oxygen atoms in total. The zero-order chi connectivity index (χ0) is 10.8. The number of hydrogen-bond acceptors (Lipinski definition) is 3. The van der Waals surface area contributed by atoms with E-state index in [0.717, 1.165) is 18.1 Å². The first-order chi connectivity index (χ1) is 7.16. The van der Waals surface area contributed by atoms with Crippen LogP contribution in [-0.2, 0) is 4.74 Å². The fourth-order valence-electron chi connectivity index (χ4n) is 1.23. The van der Waals surface area contributed by atoms with E-state index < -0.39 is 0 Å². The summed E-state index contributed by atoms with van der Waals surface area (Å²) in [7, 11) is 0. The second-order valence-electron chi connectivity index (χ2n) is 3.34. The maximum absolute atomic E-state index is 7.28. The number of benzene rings is 1. The van der Waals surface area contributed by atoms with Gasteiger partial charge in [0.25, 0.3) is 0 Å². The SMILES string of the molecule is N=C(N)c1ccc(SC2COC2)c(Cl)c1. The molecule has 1 heterocycles. The van der Waals surface area contributed by atoms with Crippen LogP contribution in [0.4, 0.5) is 0 Å². The molecule has 1 saturated heterocycles. The molecule has 3 N–H and O–H groups in total. The topological polar surface area (TPSA) is 59.1 Å². The molecule has 1 aliphatic heterocycles. The van der Waals surface area contributed by atoms with Crippen LogP contribution in [0.25, 0.3) is 0 Å². The molecule has 2 rings (SSSR count). The summed E-state index contributed by atoms with van der Waals surface area (Å²) >= 11 is 7.79. The molecule has 0 amide bonds. The molecule has 0 aromatic heterocycles. The zero-order valence-corrected chi connectivity index (χ0v) is 9.57. The Morgan fingerprint density at radius 2 is 2.27 bits per heavy atom. The third kappa shape index (κ3) is 2.45. The van der Waals surface area contributed by atoms with Crippen LogP contribution in [-0.4, -0.2) is 24.3 Å². The van der Waals surface area contributed by atoms with E-state index in [1.807, 2.05) is 12.1 Å². The first kappa shape index (κ1) is 10.8. The van der Waals surface area contributed by atoms with Gasteiger partial charge in [-0.3, -0.25) is 5.41 Å². The number of halogens is 1. The van der Waals surface area contributed by atoms with E-state index in [9.17, 15) is 0 Å². The summed E-state index contributed by atoms with van der Waals surface area (Å²) in [6.07, 6.45) is 0. The zero-order valence-electron chi connectivity index (χ0n) is 8.00. The third-order valence-electron chi connectivity index (χ3n) is 2.14. The van der Waals surface area contributed by atoms with Crippen LogP contribution in [0.2, 0.25) is 5.02 Å². The number of thioether (sulfide) groups is 1. The van der Waals surface area contributed by atoms with Crippen LogP contribution in [0.15, 0.2) is 23.1 Å². The summed E-state index contributed by atoms with van der Waals surface area (Å²) in [5.74, 6) is 0.0421. The number of ether oxygens (including phenoxy) is 1. The highest BCUT2D eigenvalue weighted by Gasteiger charge is 2.20. The van der Waals surface area contributed by atoms with Crippen LogP contribution < -0.4 is 5.73 Å². The van der Waals surface area contributed by atoms with Crippen molar-refractivity contribution in [1.29, 1.82) is 5.41 Å². The Bertz CT molecular complexity index is 393. The van der Waals surface area contributed by atoms with Gasteiger partial charge in [-0.1, -0.05) is 17.7 Å². The van der Waals surface area contributed by atoms with Gasteiger partial charge in [0.05, 0.1) is 23.5 Å². The highest BCUT2D eigenvalue weighted by atomic mass is 35.5. The smallest absolute Gasteiger partial charge is 0.122 e. The largest absolute Gasteiger partial charge is 0.384 e. The second kappa shape index (κ2) is 4.43. The van der Waals surface area contributed by atoms with Crippen molar-refractivity contribution in [3.63, 3.8) is 0 Å². The minimum Gasteiger partial charge on any atom is -0.384 e. The van der Waals surface area contributed by atoms with Crippen molar-refractivity contribution < 1.29 is 4.74 Å². The summed E-state index contributed by atoms with van der Waals surface area (Å²) in [6.45, 7) is 1.57. The molecule has 15 heavy (non-hydrogen) atoms. The quantitative estimate of drug-likeness (QED) is 0.631. The molecule has 0 saturated carbocycles. The second-order valence-corrected chi connectivity index (χ2v) is 5.09. The van der Waals surface area contributed by atoms with Gasteiger partial charge in [0.2, 0.25) is 0 Å². The predicted octanol–water partition coefficient (Wildman–Crippen LogP) is 2.11. The van der Waals surface area contributed by atoms with E-state index in [2.05, 4.69) is 0 Å². The first-order valence-electron chi connectivity index (χ1n) is 4.55. The molecule has 0 spiro atoms. The Hall–Kier alpha value is -0.710. The minimum absolute atomic E-state index is 0.0421. The fourth-order valence-corrected chi connectivity index (χ4v) is 2.55. The lowest BCUT2D eigenvalue weighted by molar-refractivity contribution is 0.0455. The van der Waals surface area contributed by atoms with Gasteiger partial charge in [0, 0.05) is 10.5 Å².